The third kappa shape index (κ3) is 5.89. The van der Waals surface area contributed by atoms with Crippen LogP contribution < -0.4 is 16.0 Å². The maximum Gasteiger partial charge on any atom is 0.337 e. The number of aryl methyl sites for hydroxylation is 1. The number of hydrogen-bond acceptors (Lipinski definition) is 6. The molecule has 1 heterocycles. The molecule has 0 aliphatic carbocycles. The van der Waals surface area contributed by atoms with E-state index in [1.807, 2.05) is 24.4 Å². The van der Waals surface area contributed by atoms with Crippen molar-refractivity contribution >= 4 is 34.9 Å². The number of amides is 3. The first-order valence-corrected chi connectivity index (χ1v) is 8.90. The Labute approximate surface area is 155 Å². The van der Waals surface area contributed by atoms with Crippen LogP contribution in [0.2, 0.25) is 0 Å². The molecule has 1 aromatic carbocycles. The van der Waals surface area contributed by atoms with Crippen molar-refractivity contribution < 1.29 is 19.1 Å². The Hall–Kier alpha value is -2.87. The van der Waals surface area contributed by atoms with E-state index in [2.05, 4.69) is 20.7 Å². The molecule has 8 heteroatoms. The average molecular weight is 375 g/mol. The molecule has 0 spiro atoms. The van der Waals surface area contributed by atoms with E-state index in [0.29, 0.717) is 17.8 Å². The van der Waals surface area contributed by atoms with Gasteiger partial charge in [-0.05, 0) is 42.5 Å². The van der Waals surface area contributed by atoms with Gasteiger partial charge in [0.1, 0.15) is 0 Å². The molecule has 0 radical (unpaired) electrons. The molecule has 1 aromatic heterocycles. The highest BCUT2D eigenvalue weighted by Gasteiger charge is 2.10. The van der Waals surface area contributed by atoms with Gasteiger partial charge in [-0.1, -0.05) is 12.1 Å². The highest BCUT2D eigenvalue weighted by Crippen LogP contribution is 2.17. The summed E-state index contributed by atoms with van der Waals surface area (Å²) >= 11 is 1.62. The largest absolute Gasteiger partial charge is 0.465 e. The SMILES string of the molecule is COC(=O)c1ccc(C)c(NCC(=O)NC(=O)NCCc2cccs2)c1. The zero-order chi connectivity index (χ0) is 18.9. The summed E-state index contributed by atoms with van der Waals surface area (Å²) in [4.78, 5) is 36.3. The lowest BCUT2D eigenvalue weighted by atomic mass is 10.1. The van der Waals surface area contributed by atoms with Crippen LogP contribution in [0.5, 0.6) is 0 Å². The quantitative estimate of drug-likeness (QED) is 0.646. The highest BCUT2D eigenvalue weighted by atomic mass is 32.1. The third-order valence-corrected chi connectivity index (χ3v) is 4.52. The maximum atomic E-state index is 11.9. The molecule has 0 bridgehead atoms. The van der Waals surface area contributed by atoms with Crippen molar-refractivity contribution in [1.82, 2.24) is 10.6 Å². The molecule has 0 aliphatic heterocycles. The molecule has 0 atom stereocenters. The number of rotatable bonds is 7. The number of carbonyl (C=O) groups is 3. The summed E-state index contributed by atoms with van der Waals surface area (Å²) in [6.45, 7) is 2.20. The number of carbonyl (C=O) groups excluding carboxylic acids is 3. The van der Waals surface area contributed by atoms with E-state index >= 15 is 0 Å². The van der Waals surface area contributed by atoms with Crippen LogP contribution in [-0.2, 0) is 16.0 Å². The summed E-state index contributed by atoms with van der Waals surface area (Å²) in [5.41, 5.74) is 1.87. The summed E-state index contributed by atoms with van der Waals surface area (Å²) in [5, 5.41) is 9.79. The van der Waals surface area contributed by atoms with E-state index in [-0.39, 0.29) is 6.54 Å². The fraction of sp³-hybridized carbons (Fsp3) is 0.278. The first-order valence-electron chi connectivity index (χ1n) is 8.02. The zero-order valence-corrected chi connectivity index (χ0v) is 15.4. The fourth-order valence-corrected chi connectivity index (χ4v) is 2.91. The van der Waals surface area contributed by atoms with Gasteiger partial charge >= 0.3 is 12.0 Å². The van der Waals surface area contributed by atoms with Gasteiger partial charge in [0.2, 0.25) is 5.91 Å². The summed E-state index contributed by atoms with van der Waals surface area (Å²) in [5.74, 6) is -0.927. The molecule has 0 aliphatic rings. The van der Waals surface area contributed by atoms with Crippen molar-refractivity contribution in [3.05, 3.63) is 51.7 Å². The van der Waals surface area contributed by atoms with Gasteiger partial charge in [0.05, 0.1) is 19.2 Å². The molecule has 0 saturated heterocycles. The molecular formula is C18H21N3O4S. The standard InChI is InChI=1S/C18H21N3O4S/c1-12-5-6-13(17(23)25-2)10-15(12)20-11-16(22)21-18(24)19-8-7-14-4-3-9-26-14/h3-6,9-10,20H,7-8,11H2,1-2H3,(H2,19,21,22,24). The highest BCUT2D eigenvalue weighted by molar-refractivity contribution is 7.09. The topological polar surface area (TPSA) is 96.5 Å². The summed E-state index contributed by atoms with van der Waals surface area (Å²) in [7, 11) is 1.31. The molecule has 138 valence electrons. The van der Waals surface area contributed by atoms with E-state index in [0.717, 1.165) is 12.0 Å². The molecule has 3 N–H and O–H groups in total. The van der Waals surface area contributed by atoms with Crippen LogP contribution in [0.15, 0.2) is 35.7 Å². The predicted octanol–water partition coefficient (Wildman–Crippen LogP) is 2.32. The molecule has 2 aromatic rings. The third-order valence-electron chi connectivity index (χ3n) is 3.59. The van der Waals surface area contributed by atoms with Gasteiger partial charge in [-0.2, -0.15) is 0 Å². The van der Waals surface area contributed by atoms with Crippen LogP contribution in [0.25, 0.3) is 0 Å². The number of nitrogens with one attached hydrogen (secondary N) is 3. The normalized spacial score (nSPS) is 10.1. The van der Waals surface area contributed by atoms with Crippen LogP contribution in [0.4, 0.5) is 10.5 Å². The second-order valence-electron chi connectivity index (χ2n) is 5.51. The van der Waals surface area contributed by atoms with Crippen LogP contribution in [-0.4, -0.2) is 38.1 Å². The van der Waals surface area contributed by atoms with Crippen molar-refractivity contribution in [2.75, 3.05) is 25.5 Å². The van der Waals surface area contributed by atoms with Gasteiger partial charge in [0.25, 0.3) is 0 Å². The van der Waals surface area contributed by atoms with E-state index < -0.39 is 17.9 Å². The van der Waals surface area contributed by atoms with Gasteiger partial charge in [0, 0.05) is 17.1 Å². The maximum absolute atomic E-state index is 11.9. The van der Waals surface area contributed by atoms with Crippen molar-refractivity contribution in [2.45, 2.75) is 13.3 Å². The van der Waals surface area contributed by atoms with Gasteiger partial charge in [-0.3, -0.25) is 10.1 Å². The van der Waals surface area contributed by atoms with Gasteiger partial charge in [-0.25, -0.2) is 9.59 Å². The number of anilines is 1. The van der Waals surface area contributed by atoms with E-state index in [1.165, 1.54) is 12.0 Å². The average Bonchev–Trinajstić information content (AvgIpc) is 3.13. The van der Waals surface area contributed by atoms with Crippen molar-refractivity contribution in [3.63, 3.8) is 0 Å². The predicted molar refractivity (Wildman–Crippen MR) is 101 cm³/mol. The monoisotopic (exact) mass is 375 g/mol. The molecule has 3 amide bonds. The smallest absolute Gasteiger partial charge is 0.337 e. The Bertz CT molecular complexity index is 775. The molecule has 0 fully saturated rings. The number of ether oxygens (including phenoxy) is 1. The Morgan fingerprint density at radius 1 is 1.19 bits per heavy atom. The summed E-state index contributed by atoms with van der Waals surface area (Å²) < 4.78 is 4.68. The van der Waals surface area contributed by atoms with Gasteiger partial charge < -0.3 is 15.4 Å². The lowest BCUT2D eigenvalue weighted by Crippen LogP contribution is -2.42. The van der Waals surface area contributed by atoms with Crippen molar-refractivity contribution in [3.8, 4) is 0 Å². The number of thiophene rings is 1. The lowest BCUT2D eigenvalue weighted by Gasteiger charge is -2.11. The number of benzene rings is 1. The Morgan fingerprint density at radius 2 is 2.00 bits per heavy atom. The number of imide groups is 1. The Kier molecular flexibility index (Phi) is 7.16. The number of hydrogen-bond donors (Lipinski definition) is 3. The lowest BCUT2D eigenvalue weighted by molar-refractivity contribution is -0.118. The minimum Gasteiger partial charge on any atom is -0.465 e. The number of esters is 1. The molecule has 7 nitrogen and oxygen atoms in total. The van der Waals surface area contributed by atoms with E-state index in [1.54, 1.807) is 29.5 Å². The number of urea groups is 1. The first kappa shape index (κ1) is 19.5. The van der Waals surface area contributed by atoms with Crippen LogP contribution in [0, 0.1) is 6.92 Å². The zero-order valence-electron chi connectivity index (χ0n) is 14.6. The first-order chi connectivity index (χ1) is 12.5. The van der Waals surface area contributed by atoms with Crippen molar-refractivity contribution in [1.29, 1.82) is 0 Å². The molecule has 2 rings (SSSR count). The Balaban J connectivity index is 1.77. The molecular weight excluding hydrogens is 354 g/mol. The van der Waals surface area contributed by atoms with Crippen LogP contribution in [0.1, 0.15) is 20.8 Å². The molecule has 0 saturated carbocycles. The fourth-order valence-electron chi connectivity index (χ4n) is 2.20. The van der Waals surface area contributed by atoms with E-state index in [4.69, 9.17) is 0 Å². The summed E-state index contributed by atoms with van der Waals surface area (Å²) in [6.07, 6.45) is 0.719. The minimum absolute atomic E-state index is 0.0934. The second-order valence-corrected chi connectivity index (χ2v) is 6.54. The minimum atomic E-state index is -0.534. The molecule has 26 heavy (non-hydrogen) atoms. The van der Waals surface area contributed by atoms with Gasteiger partial charge in [-0.15, -0.1) is 11.3 Å². The van der Waals surface area contributed by atoms with Crippen LogP contribution in [0.3, 0.4) is 0 Å². The molecule has 0 unspecified atom stereocenters. The van der Waals surface area contributed by atoms with E-state index in [9.17, 15) is 14.4 Å². The van der Waals surface area contributed by atoms with Gasteiger partial charge in [0.15, 0.2) is 0 Å². The summed E-state index contributed by atoms with van der Waals surface area (Å²) in [6, 6.07) is 8.41. The number of methoxy groups -OCH3 is 1. The second kappa shape index (κ2) is 9.57. The van der Waals surface area contributed by atoms with Crippen LogP contribution >= 0.6 is 11.3 Å². The Morgan fingerprint density at radius 3 is 2.69 bits per heavy atom. The van der Waals surface area contributed by atoms with Crippen molar-refractivity contribution in [2.24, 2.45) is 0 Å².